The summed E-state index contributed by atoms with van der Waals surface area (Å²) >= 11 is 5.87. The highest BCUT2D eigenvalue weighted by molar-refractivity contribution is 7.84. The molecule has 0 aliphatic heterocycles. The normalized spacial score (nSPS) is 13.9. The standard InChI is InChI=1S/C8H10ClNO3S/c9-8(6-13-14(10,11)12)7-4-2-1-3-5-7/h1-5,8H,6H2,(H2,10,11,12). The van der Waals surface area contributed by atoms with Crippen LogP contribution in [0, 0.1) is 0 Å². The number of hydrogen-bond donors (Lipinski definition) is 1. The van der Waals surface area contributed by atoms with Gasteiger partial charge in [0.05, 0.1) is 12.0 Å². The van der Waals surface area contributed by atoms with Crippen molar-refractivity contribution in [1.29, 1.82) is 0 Å². The quantitative estimate of drug-likeness (QED) is 0.797. The molecule has 0 radical (unpaired) electrons. The molecule has 0 saturated heterocycles. The van der Waals surface area contributed by atoms with Crippen LogP contribution in [0.3, 0.4) is 0 Å². The van der Waals surface area contributed by atoms with Gasteiger partial charge in [-0.1, -0.05) is 30.3 Å². The topological polar surface area (TPSA) is 69.4 Å². The molecule has 0 bridgehead atoms. The van der Waals surface area contributed by atoms with Crippen molar-refractivity contribution >= 4 is 21.9 Å². The summed E-state index contributed by atoms with van der Waals surface area (Å²) in [4.78, 5) is 0. The summed E-state index contributed by atoms with van der Waals surface area (Å²) in [6.07, 6.45) is 0. The highest BCUT2D eigenvalue weighted by atomic mass is 35.5. The third-order valence-electron chi connectivity index (χ3n) is 1.54. The average molecular weight is 236 g/mol. The van der Waals surface area contributed by atoms with Gasteiger partial charge < -0.3 is 0 Å². The first-order valence-electron chi connectivity index (χ1n) is 3.85. The molecular formula is C8H10ClNO3S. The Hall–Kier alpha value is -0.620. The maximum Gasteiger partial charge on any atom is 0.333 e. The van der Waals surface area contributed by atoms with Gasteiger partial charge in [0.1, 0.15) is 0 Å². The van der Waals surface area contributed by atoms with Gasteiger partial charge in [0.2, 0.25) is 0 Å². The number of halogens is 1. The van der Waals surface area contributed by atoms with E-state index in [1.165, 1.54) is 0 Å². The molecule has 6 heteroatoms. The van der Waals surface area contributed by atoms with Crippen molar-refractivity contribution in [2.75, 3.05) is 6.61 Å². The van der Waals surface area contributed by atoms with Crippen molar-refractivity contribution in [3.8, 4) is 0 Å². The summed E-state index contributed by atoms with van der Waals surface area (Å²) < 4.78 is 25.3. The van der Waals surface area contributed by atoms with Crippen LogP contribution in [0.4, 0.5) is 0 Å². The maximum absolute atomic E-state index is 10.5. The lowest BCUT2D eigenvalue weighted by Crippen LogP contribution is -2.18. The molecule has 14 heavy (non-hydrogen) atoms. The van der Waals surface area contributed by atoms with Gasteiger partial charge in [-0.15, -0.1) is 11.6 Å². The van der Waals surface area contributed by atoms with Crippen molar-refractivity contribution in [3.63, 3.8) is 0 Å². The van der Waals surface area contributed by atoms with Gasteiger partial charge in [-0.2, -0.15) is 8.42 Å². The molecule has 0 saturated carbocycles. The Morgan fingerprint density at radius 1 is 1.36 bits per heavy atom. The molecule has 0 spiro atoms. The Labute approximate surface area is 87.9 Å². The fourth-order valence-electron chi connectivity index (χ4n) is 0.913. The third kappa shape index (κ3) is 4.06. The molecule has 0 aromatic heterocycles. The van der Waals surface area contributed by atoms with Crippen molar-refractivity contribution in [2.24, 2.45) is 5.14 Å². The molecule has 1 rings (SSSR count). The van der Waals surface area contributed by atoms with Crippen LogP contribution in [-0.2, 0) is 14.5 Å². The molecule has 1 aromatic carbocycles. The molecule has 2 N–H and O–H groups in total. The predicted molar refractivity (Wildman–Crippen MR) is 54.1 cm³/mol. The van der Waals surface area contributed by atoms with Crippen molar-refractivity contribution in [3.05, 3.63) is 35.9 Å². The van der Waals surface area contributed by atoms with Crippen LogP contribution in [0.2, 0.25) is 0 Å². The Morgan fingerprint density at radius 2 is 1.93 bits per heavy atom. The first-order chi connectivity index (χ1) is 6.49. The Balaban J connectivity index is 2.56. The number of rotatable bonds is 4. The summed E-state index contributed by atoms with van der Waals surface area (Å²) in [6, 6.07) is 9.02. The molecule has 78 valence electrons. The van der Waals surface area contributed by atoms with Crippen LogP contribution >= 0.6 is 11.6 Å². The van der Waals surface area contributed by atoms with Crippen molar-refractivity contribution in [1.82, 2.24) is 0 Å². The number of hydrogen-bond acceptors (Lipinski definition) is 3. The van der Waals surface area contributed by atoms with Crippen LogP contribution in [-0.4, -0.2) is 15.0 Å². The van der Waals surface area contributed by atoms with Gasteiger partial charge in [0.25, 0.3) is 0 Å². The minimum atomic E-state index is -3.91. The molecule has 1 aromatic rings. The molecule has 0 aliphatic rings. The molecule has 0 fully saturated rings. The fourth-order valence-corrected chi connectivity index (χ4v) is 1.52. The van der Waals surface area contributed by atoms with Gasteiger partial charge in [-0.3, -0.25) is 4.18 Å². The van der Waals surface area contributed by atoms with Crippen LogP contribution < -0.4 is 5.14 Å². The molecule has 4 nitrogen and oxygen atoms in total. The van der Waals surface area contributed by atoms with Crippen molar-refractivity contribution in [2.45, 2.75) is 5.38 Å². The first-order valence-corrected chi connectivity index (χ1v) is 5.76. The number of benzene rings is 1. The second kappa shape index (κ2) is 4.75. The van der Waals surface area contributed by atoms with Gasteiger partial charge in [-0.25, -0.2) is 5.14 Å². The summed E-state index contributed by atoms with van der Waals surface area (Å²) in [5.74, 6) is 0. The fraction of sp³-hybridized carbons (Fsp3) is 0.250. The van der Waals surface area contributed by atoms with Crippen LogP contribution in [0.5, 0.6) is 0 Å². The van der Waals surface area contributed by atoms with E-state index >= 15 is 0 Å². The second-order valence-electron chi connectivity index (χ2n) is 2.66. The Kier molecular flexibility index (Phi) is 3.88. The van der Waals surface area contributed by atoms with E-state index in [0.717, 1.165) is 5.56 Å². The van der Waals surface area contributed by atoms with E-state index in [0.29, 0.717) is 0 Å². The van der Waals surface area contributed by atoms with Crippen molar-refractivity contribution < 1.29 is 12.6 Å². The van der Waals surface area contributed by atoms with Gasteiger partial charge in [0, 0.05) is 0 Å². The highest BCUT2D eigenvalue weighted by Gasteiger charge is 2.11. The zero-order valence-corrected chi connectivity index (χ0v) is 8.83. The minimum Gasteiger partial charge on any atom is -0.256 e. The molecule has 1 atom stereocenters. The van der Waals surface area contributed by atoms with E-state index in [1.807, 2.05) is 18.2 Å². The molecule has 0 amide bonds. The van der Waals surface area contributed by atoms with E-state index in [9.17, 15) is 8.42 Å². The molecule has 0 aliphatic carbocycles. The maximum atomic E-state index is 10.5. The lowest BCUT2D eigenvalue weighted by atomic mass is 10.2. The second-order valence-corrected chi connectivity index (χ2v) is 4.40. The monoisotopic (exact) mass is 235 g/mol. The first kappa shape index (κ1) is 11.5. The largest absolute Gasteiger partial charge is 0.333 e. The van der Waals surface area contributed by atoms with E-state index in [2.05, 4.69) is 9.32 Å². The molecule has 1 unspecified atom stereocenters. The third-order valence-corrected chi connectivity index (χ3v) is 2.38. The lowest BCUT2D eigenvalue weighted by molar-refractivity contribution is 0.318. The van der Waals surface area contributed by atoms with Gasteiger partial charge in [0.15, 0.2) is 0 Å². The molecule has 0 heterocycles. The Morgan fingerprint density at radius 3 is 2.43 bits per heavy atom. The van der Waals surface area contributed by atoms with Crippen LogP contribution in [0.15, 0.2) is 30.3 Å². The SMILES string of the molecule is NS(=O)(=O)OCC(Cl)c1ccccc1. The van der Waals surface area contributed by atoms with E-state index in [4.69, 9.17) is 11.6 Å². The number of nitrogens with two attached hydrogens (primary N) is 1. The average Bonchev–Trinajstić information content (AvgIpc) is 2.14. The summed E-state index contributed by atoms with van der Waals surface area (Å²) in [5.41, 5.74) is 0.790. The zero-order chi connectivity index (χ0) is 10.6. The smallest absolute Gasteiger partial charge is 0.256 e. The number of alkyl halides is 1. The van der Waals surface area contributed by atoms with E-state index in [1.54, 1.807) is 12.1 Å². The van der Waals surface area contributed by atoms with E-state index in [-0.39, 0.29) is 6.61 Å². The minimum absolute atomic E-state index is 0.162. The summed E-state index contributed by atoms with van der Waals surface area (Å²) in [5, 5.41) is 4.13. The zero-order valence-electron chi connectivity index (χ0n) is 7.26. The predicted octanol–water partition coefficient (Wildman–Crippen LogP) is 1.19. The molecular weight excluding hydrogens is 226 g/mol. The van der Waals surface area contributed by atoms with Gasteiger partial charge in [-0.05, 0) is 5.56 Å². The van der Waals surface area contributed by atoms with Crippen LogP contribution in [0.1, 0.15) is 10.9 Å². The van der Waals surface area contributed by atoms with Gasteiger partial charge >= 0.3 is 10.3 Å². The van der Waals surface area contributed by atoms with Crippen LogP contribution in [0.25, 0.3) is 0 Å². The highest BCUT2D eigenvalue weighted by Crippen LogP contribution is 2.20. The summed E-state index contributed by atoms with van der Waals surface area (Å²) in [7, 11) is -3.91. The van der Waals surface area contributed by atoms with E-state index < -0.39 is 15.7 Å². The Bertz CT molecular complexity index is 379. The lowest BCUT2D eigenvalue weighted by Gasteiger charge is -2.08. The summed E-state index contributed by atoms with van der Waals surface area (Å²) in [6.45, 7) is -0.162.